The molecule has 1 saturated carbocycles. The lowest BCUT2D eigenvalue weighted by molar-refractivity contribution is 0.0517. The van der Waals surface area contributed by atoms with Crippen LogP contribution < -0.4 is 10.6 Å². The van der Waals surface area contributed by atoms with Gasteiger partial charge >= 0.3 is 6.09 Å². The highest BCUT2D eigenvalue weighted by atomic mass is 16.6. The molecule has 5 heteroatoms. The van der Waals surface area contributed by atoms with Crippen molar-refractivity contribution in [1.82, 2.24) is 10.6 Å². The molecule has 0 aromatic heterocycles. The van der Waals surface area contributed by atoms with Gasteiger partial charge < -0.3 is 20.1 Å². The lowest BCUT2D eigenvalue weighted by Gasteiger charge is -2.23. The van der Waals surface area contributed by atoms with E-state index in [-0.39, 0.29) is 6.09 Å². The topological polar surface area (TPSA) is 59.6 Å². The lowest BCUT2D eigenvalue weighted by atomic mass is 10.0. The molecule has 0 aliphatic heterocycles. The number of amides is 1. The van der Waals surface area contributed by atoms with Crippen LogP contribution in [0.2, 0.25) is 0 Å². The SMILES string of the molecule is CCCCOCCCNC1CCCC1CNC(=O)OC(C)(C)C. The second-order valence-corrected chi connectivity index (χ2v) is 7.45. The van der Waals surface area contributed by atoms with Gasteiger partial charge in [0, 0.05) is 25.8 Å². The van der Waals surface area contributed by atoms with E-state index in [1.165, 1.54) is 25.7 Å². The smallest absolute Gasteiger partial charge is 0.407 e. The van der Waals surface area contributed by atoms with Crippen LogP contribution in [0.5, 0.6) is 0 Å². The summed E-state index contributed by atoms with van der Waals surface area (Å²) in [6, 6.07) is 0.501. The Bertz CT molecular complexity index is 329. The summed E-state index contributed by atoms with van der Waals surface area (Å²) in [5.41, 5.74) is -0.435. The van der Waals surface area contributed by atoms with E-state index in [1.54, 1.807) is 0 Å². The van der Waals surface area contributed by atoms with Crippen molar-refractivity contribution in [1.29, 1.82) is 0 Å². The highest BCUT2D eigenvalue weighted by Crippen LogP contribution is 2.25. The normalized spacial score (nSPS) is 21.4. The maximum atomic E-state index is 11.7. The van der Waals surface area contributed by atoms with Crippen LogP contribution in [0.15, 0.2) is 0 Å². The van der Waals surface area contributed by atoms with Crippen molar-refractivity contribution in [2.45, 2.75) is 77.9 Å². The summed E-state index contributed by atoms with van der Waals surface area (Å²) in [4.78, 5) is 11.7. The Morgan fingerprint density at radius 2 is 1.91 bits per heavy atom. The molecule has 1 rings (SSSR count). The molecule has 0 heterocycles. The first-order valence-electron chi connectivity index (χ1n) is 9.20. The highest BCUT2D eigenvalue weighted by molar-refractivity contribution is 5.67. The first kappa shape index (κ1) is 20.2. The minimum atomic E-state index is -0.435. The number of rotatable bonds is 10. The van der Waals surface area contributed by atoms with Crippen molar-refractivity contribution >= 4 is 6.09 Å². The number of carbonyl (C=O) groups is 1. The number of hydrogen-bond donors (Lipinski definition) is 2. The molecule has 1 aliphatic carbocycles. The molecular weight excluding hydrogens is 292 g/mol. The van der Waals surface area contributed by atoms with Gasteiger partial charge in [0.05, 0.1) is 0 Å². The quantitative estimate of drug-likeness (QED) is 0.603. The van der Waals surface area contributed by atoms with Crippen molar-refractivity contribution < 1.29 is 14.3 Å². The van der Waals surface area contributed by atoms with Gasteiger partial charge in [0.25, 0.3) is 0 Å². The second kappa shape index (κ2) is 10.9. The molecule has 2 N–H and O–H groups in total. The maximum absolute atomic E-state index is 11.7. The Labute approximate surface area is 141 Å². The van der Waals surface area contributed by atoms with Gasteiger partial charge in [-0.3, -0.25) is 0 Å². The third-order valence-corrected chi connectivity index (χ3v) is 4.08. The monoisotopic (exact) mass is 328 g/mol. The first-order valence-corrected chi connectivity index (χ1v) is 9.20. The average molecular weight is 328 g/mol. The summed E-state index contributed by atoms with van der Waals surface area (Å²) in [5.74, 6) is 0.503. The molecule has 0 radical (unpaired) electrons. The molecule has 1 fully saturated rings. The zero-order valence-electron chi connectivity index (χ0n) is 15.5. The Kier molecular flexibility index (Phi) is 9.56. The Morgan fingerprint density at radius 1 is 1.17 bits per heavy atom. The molecule has 0 saturated heterocycles. The van der Waals surface area contributed by atoms with E-state index in [0.717, 1.165) is 32.6 Å². The molecule has 0 aromatic rings. The van der Waals surface area contributed by atoms with Gasteiger partial charge in [-0.05, 0) is 58.9 Å². The lowest BCUT2D eigenvalue weighted by Crippen LogP contribution is -2.41. The van der Waals surface area contributed by atoms with Gasteiger partial charge in [0.15, 0.2) is 0 Å². The summed E-state index contributed by atoms with van der Waals surface area (Å²) in [7, 11) is 0. The van der Waals surface area contributed by atoms with Gasteiger partial charge in [0.1, 0.15) is 5.60 Å². The van der Waals surface area contributed by atoms with E-state index in [1.807, 2.05) is 20.8 Å². The fourth-order valence-electron chi connectivity index (χ4n) is 2.89. The zero-order valence-corrected chi connectivity index (χ0v) is 15.5. The highest BCUT2D eigenvalue weighted by Gasteiger charge is 2.27. The van der Waals surface area contributed by atoms with Gasteiger partial charge in [-0.2, -0.15) is 0 Å². The maximum Gasteiger partial charge on any atom is 0.407 e. The Morgan fingerprint density at radius 3 is 2.61 bits per heavy atom. The first-order chi connectivity index (χ1) is 10.9. The largest absolute Gasteiger partial charge is 0.444 e. The molecule has 0 aromatic carbocycles. The summed E-state index contributed by atoms with van der Waals surface area (Å²) in [5, 5.41) is 6.53. The molecule has 0 spiro atoms. The van der Waals surface area contributed by atoms with E-state index in [9.17, 15) is 4.79 Å². The standard InChI is InChI=1S/C18H36N2O3/c1-5-6-12-22-13-8-11-19-16-10-7-9-15(16)14-20-17(21)23-18(2,3)4/h15-16,19H,5-14H2,1-4H3,(H,20,21). The van der Waals surface area contributed by atoms with Crippen LogP contribution >= 0.6 is 0 Å². The molecule has 1 amide bonds. The summed E-state index contributed by atoms with van der Waals surface area (Å²) < 4.78 is 10.9. The van der Waals surface area contributed by atoms with Gasteiger partial charge in [-0.15, -0.1) is 0 Å². The van der Waals surface area contributed by atoms with Crippen LogP contribution in [0, 0.1) is 5.92 Å². The molecular formula is C18H36N2O3. The minimum Gasteiger partial charge on any atom is -0.444 e. The Hall–Kier alpha value is -0.810. The van der Waals surface area contributed by atoms with Gasteiger partial charge in [0.2, 0.25) is 0 Å². The summed E-state index contributed by atoms with van der Waals surface area (Å²) >= 11 is 0. The molecule has 136 valence electrons. The van der Waals surface area contributed by atoms with Crippen molar-refractivity contribution in [3.05, 3.63) is 0 Å². The summed E-state index contributed by atoms with van der Waals surface area (Å²) in [6.07, 6.45) is 6.66. The molecule has 2 atom stereocenters. The van der Waals surface area contributed by atoms with Gasteiger partial charge in [-0.1, -0.05) is 19.8 Å². The average Bonchev–Trinajstić information content (AvgIpc) is 2.90. The van der Waals surface area contributed by atoms with E-state index in [4.69, 9.17) is 9.47 Å². The number of alkyl carbamates (subject to hydrolysis) is 1. The van der Waals surface area contributed by atoms with E-state index < -0.39 is 5.60 Å². The van der Waals surface area contributed by atoms with Crippen LogP contribution in [0.3, 0.4) is 0 Å². The molecule has 1 aliphatic rings. The Balaban J connectivity index is 2.12. The predicted octanol–water partition coefficient (Wildman–Crippen LogP) is 3.48. The number of nitrogens with one attached hydrogen (secondary N) is 2. The van der Waals surface area contributed by atoms with Crippen molar-refractivity contribution in [2.75, 3.05) is 26.3 Å². The number of hydrogen-bond acceptors (Lipinski definition) is 4. The minimum absolute atomic E-state index is 0.313. The van der Waals surface area contributed by atoms with Crippen LogP contribution in [0.1, 0.15) is 66.2 Å². The van der Waals surface area contributed by atoms with E-state index in [2.05, 4.69) is 17.6 Å². The second-order valence-electron chi connectivity index (χ2n) is 7.45. The van der Waals surface area contributed by atoms with Crippen molar-refractivity contribution in [2.24, 2.45) is 5.92 Å². The summed E-state index contributed by atoms with van der Waals surface area (Å²) in [6.45, 7) is 11.2. The van der Waals surface area contributed by atoms with E-state index >= 15 is 0 Å². The van der Waals surface area contributed by atoms with Crippen molar-refractivity contribution in [3.63, 3.8) is 0 Å². The van der Waals surface area contributed by atoms with Crippen LogP contribution in [-0.2, 0) is 9.47 Å². The molecule has 2 unspecified atom stereocenters. The molecule has 23 heavy (non-hydrogen) atoms. The number of carbonyl (C=O) groups excluding carboxylic acids is 1. The third-order valence-electron chi connectivity index (χ3n) is 4.08. The third kappa shape index (κ3) is 9.82. The predicted molar refractivity (Wildman–Crippen MR) is 93.7 cm³/mol. The fourth-order valence-corrected chi connectivity index (χ4v) is 2.89. The van der Waals surface area contributed by atoms with Crippen LogP contribution in [0.4, 0.5) is 4.79 Å². The fraction of sp³-hybridized carbons (Fsp3) is 0.944. The zero-order chi connectivity index (χ0) is 17.1. The molecule has 5 nitrogen and oxygen atoms in total. The van der Waals surface area contributed by atoms with Crippen molar-refractivity contribution in [3.8, 4) is 0 Å². The number of unbranched alkanes of at least 4 members (excludes halogenated alkanes) is 1. The van der Waals surface area contributed by atoms with Gasteiger partial charge in [-0.25, -0.2) is 4.79 Å². The number of ether oxygens (including phenoxy) is 2. The van der Waals surface area contributed by atoms with Crippen LogP contribution in [0.25, 0.3) is 0 Å². The van der Waals surface area contributed by atoms with E-state index in [0.29, 0.717) is 18.5 Å². The molecule has 0 bridgehead atoms. The van der Waals surface area contributed by atoms with Crippen LogP contribution in [-0.4, -0.2) is 44.0 Å².